The monoisotopic (exact) mass is 878 g/mol. The summed E-state index contributed by atoms with van der Waals surface area (Å²) in [6.45, 7) is 10.0. The van der Waals surface area contributed by atoms with Crippen LogP contribution in [0.5, 0.6) is 5.75 Å². The number of pyridine rings is 1. The van der Waals surface area contributed by atoms with Crippen LogP contribution in [0.3, 0.4) is 0 Å². The van der Waals surface area contributed by atoms with Crippen molar-refractivity contribution in [1.82, 2.24) is 35.0 Å². The molecule has 2 aromatic carbocycles. The molecule has 0 bridgehead atoms. The average Bonchev–Trinajstić information content (AvgIpc) is 3.95. The minimum absolute atomic E-state index is 0.0863. The van der Waals surface area contributed by atoms with Crippen LogP contribution in [0.15, 0.2) is 53.5 Å². The van der Waals surface area contributed by atoms with Gasteiger partial charge in [0.1, 0.15) is 11.1 Å². The van der Waals surface area contributed by atoms with E-state index in [0.29, 0.717) is 39.5 Å². The van der Waals surface area contributed by atoms with E-state index in [0.717, 1.165) is 93.0 Å². The van der Waals surface area contributed by atoms with Crippen LogP contribution in [0.2, 0.25) is 5.02 Å². The predicted molar refractivity (Wildman–Crippen MR) is 237 cm³/mol. The first kappa shape index (κ1) is 42.2. The summed E-state index contributed by atoms with van der Waals surface area (Å²) in [5.41, 5.74) is 2.78. The second-order valence-corrected chi connectivity index (χ2v) is 18.2. The number of fused-ring (bicyclic) bond motifs is 2. The van der Waals surface area contributed by atoms with E-state index in [-0.39, 0.29) is 48.1 Å². The van der Waals surface area contributed by atoms with E-state index in [1.165, 1.54) is 7.05 Å². The number of imide groups is 2. The Morgan fingerprint density at radius 2 is 1.71 bits per heavy atom. The van der Waals surface area contributed by atoms with Gasteiger partial charge in [0.25, 0.3) is 23.3 Å². The van der Waals surface area contributed by atoms with Gasteiger partial charge >= 0.3 is 0 Å². The normalized spacial score (nSPS) is 21.9. The number of aromatic nitrogens is 3. The van der Waals surface area contributed by atoms with Gasteiger partial charge in [-0.1, -0.05) is 11.6 Å². The van der Waals surface area contributed by atoms with Crippen LogP contribution in [0.4, 0.5) is 23.1 Å². The van der Waals surface area contributed by atoms with Crippen molar-refractivity contribution in [3.63, 3.8) is 0 Å². The molecule has 330 valence electrons. The highest BCUT2D eigenvalue weighted by Crippen LogP contribution is 2.42. The minimum Gasteiger partial charge on any atom is -0.478 e. The lowest BCUT2D eigenvalue weighted by Crippen LogP contribution is -2.54. The highest BCUT2D eigenvalue weighted by Gasteiger charge is 2.46. The van der Waals surface area contributed by atoms with Gasteiger partial charge in [0, 0.05) is 81.0 Å². The molecule has 4 fully saturated rings. The topological polar surface area (TPSA) is 191 Å². The molecule has 1 spiro atoms. The molecular weight excluding hydrogens is 828 g/mol. The van der Waals surface area contributed by atoms with Gasteiger partial charge in [-0.2, -0.15) is 4.98 Å². The second kappa shape index (κ2) is 16.9. The molecular formula is C45H51ClN10O7. The summed E-state index contributed by atoms with van der Waals surface area (Å²) in [4.78, 5) is 93.6. The summed E-state index contributed by atoms with van der Waals surface area (Å²) in [7, 11) is 1.51. The maximum Gasteiger partial charge on any atom is 0.293 e. The molecule has 3 N–H and O–H groups in total. The number of carbonyl (C=O) groups is 5. The van der Waals surface area contributed by atoms with Gasteiger partial charge in [0.15, 0.2) is 18.2 Å². The van der Waals surface area contributed by atoms with Crippen molar-refractivity contribution >= 4 is 75.2 Å². The smallest absolute Gasteiger partial charge is 0.293 e. The third-order valence-corrected chi connectivity index (χ3v) is 13.6. The van der Waals surface area contributed by atoms with Gasteiger partial charge in [0.2, 0.25) is 17.8 Å². The SMILES string of the molecule is CNC(=O)COc1cc2cc(Nc3nc(N4CCC5(CCN(CC6CCN(c7ccc8c(c7)C(=O)N(C7CCC(=O)NC7=O)C8=O)CC6)C5)C4)ncc3Cl)ccc2n(C(C)C)c1=O. The third kappa shape index (κ3) is 8.19. The molecule has 5 amide bonds. The number of hydrogen-bond donors (Lipinski definition) is 3. The van der Waals surface area contributed by atoms with Crippen LogP contribution < -0.4 is 36.0 Å². The third-order valence-electron chi connectivity index (χ3n) is 13.3. The molecule has 4 saturated heterocycles. The van der Waals surface area contributed by atoms with Crippen molar-refractivity contribution in [3.05, 3.63) is 75.2 Å². The first-order chi connectivity index (χ1) is 30.3. The molecule has 0 aliphatic carbocycles. The summed E-state index contributed by atoms with van der Waals surface area (Å²) in [5, 5.41) is 9.25. The fourth-order valence-electron chi connectivity index (χ4n) is 9.98. The lowest BCUT2D eigenvalue weighted by molar-refractivity contribution is -0.136. The Morgan fingerprint density at radius 3 is 2.48 bits per heavy atom. The number of nitrogens with zero attached hydrogens (tertiary/aromatic N) is 7. The van der Waals surface area contributed by atoms with Crippen molar-refractivity contribution in [1.29, 1.82) is 0 Å². The number of likely N-dealkylation sites (N-methyl/N-ethyl adjacent to an activating group) is 1. The van der Waals surface area contributed by atoms with E-state index in [1.54, 1.807) is 29.0 Å². The lowest BCUT2D eigenvalue weighted by atomic mass is 9.86. The number of carbonyl (C=O) groups excluding carboxylic acids is 5. The Balaban J connectivity index is 0.800. The quantitative estimate of drug-likeness (QED) is 0.183. The Bertz CT molecular complexity index is 2590. The van der Waals surface area contributed by atoms with Gasteiger partial charge < -0.3 is 34.6 Å². The fraction of sp³-hybridized carbons (Fsp3) is 0.467. The van der Waals surface area contributed by atoms with Crippen LogP contribution >= 0.6 is 11.6 Å². The van der Waals surface area contributed by atoms with Gasteiger partial charge in [-0.15, -0.1) is 0 Å². The molecule has 0 saturated carbocycles. The molecule has 9 rings (SSSR count). The lowest BCUT2D eigenvalue weighted by Gasteiger charge is -2.35. The first-order valence-corrected chi connectivity index (χ1v) is 22.1. The molecule has 2 unspecified atom stereocenters. The van der Waals surface area contributed by atoms with Crippen LogP contribution in [-0.4, -0.2) is 119 Å². The summed E-state index contributed by atoms with van der Waals surface area (Å²) in [6.07, 6.45) is 6.02. The van der Waals surface area contributed by atoms with Crippen LogP contribution in [0.25, 0.3) is 10.9 Å². The molecule has 2 aromatic heterocycles. The number of rotatable bonds is 11. The van der Waals surface area contributed by atoms with Crippen molar-refractivity contribution in [2.24, 2.45) is 11.3 Å². The number of likely N-dealkylation sites (tertiary alicyclic amines) is 1. The van der Waals surface area contributed by atoms with E-state index >= 15 is 0 Å². The number of anilines is 4. The molecule has 4 aromatic rings. The first-order valence-electron chi connectivity index (χ1n) is 21.7. The van der Waals surface area contributed by atoms with Crippen molar-refractivity contribution in [3.8, 4) is 5.75 Å². The maximum atomic E-state index is 13.4. The van der Waals surface area contributed by atoms with Crippen LogP contribution in [0, 0.1) is 11.3 Å². The Labute approximate surface area is 369 Å². The molecule has 63 heavy (non-hydrogen) atoms. The van der Waals surface area contributed by atoms with Crippen molar-refractivity contribution < 1.29 is 28.7 Å². The molecule has 17 nitrogen and oxygen atoms in total. The standard InChI is InChI=1S/C45H51ClN10O7/c1-26(2)55-34-7-4-29(18-28(34)19-36(43(55)62)63-23-38(58)47-3)49-39-33(46)21-48-44(51-39)54-17-13-45(25-54)12-16-52(24-45)22-27-10-14-53(15-11-27)30-5-6-31-32(20-30)42(61)56(41(31)60)35-8-9-37(57)50-40(35)59/h4-7,18-21,26-27,35H,8-17,22-25H2,1-3H3,(H,47,58)(H,48,49,51)(H,50,57,59). The summed E-state index contributed by atoms with van der Waals surface area (Å²) in [6, 6.07) is 11.5. The van der Waals surface area contributed by atoms with Crippen molar-refractivity contribution in [2.75, 3.05) is 74.6 Å². The Kier molecular flexibility index (Phi) is 11.3. The number of piperidine rings is 2. The van der Waals surface area contributed by atoms with Crippen molar-refractivity contribution in [2.45, 2.75) is 64.5 Å². The van der Waals surface area contributed by atoms with Gasteiger partial charge in [-0.05, 0) is 101 Å². The zero-order valence-corrected chi connectivity index (χ0v) is 36.4. The van der Waals surface area contributed by atoms with Gasteiger partial charge in [0.05, 0.1) is 22.8 Å². The van der Waals surface area contributed by atoms with Gasteiger partial charge in [-0.3, -0.25) is 39.0 Å². The maximum absolute atomic E-state index is 13.4. The van der Waals surface area contributed by atoms with E-state index in [1.807, 2.05) is 38.1 Å². The predicted octanol–water partition coefficient (Wildman–Crippen LogP) is 4.11. The molecule has 0 radical (unpaired) electrons. The Morgan fingerprint density at radius 1 is 0.937 bits per heavy atom. The van der Waals surface area contributed by atoms with Crippen LogP contribution in [-0.2, 0) is 14.4 Å². The fourth-order valence-corrected chi connectivity index (χ4v) is 10.1. The number of benzene rings is 2. The number of amides is 5. The minimum atomic E-state index is -0.981. The molecule has 5 aliphatic rings. The van der Waals surface area contributed by atoms with Crippen LogP contribution in [0.1, 0.15) is 79.1 Å². The zero-order valence-electron chi connectivity index (χ0n) is 35.6. The largest absolute Gasteiger partial charge is 0.478 e. The highest BCUT2D eigenvalue weighted by atomic mass is 35.5. The summed E-state index contributed by atoms with van der Waals surface area (Å²) < 4.78 is 7.28. The summed E-state index contributed by atoms with van der Waals surface area (Å²) in [5.74, 6) is -0.599. The number of halogens is 1. The summed E-state index contributed by atoms with van der Waals surface area (Å²) >= 11 is 6.65. The van der Waals surface area contributed by atoms with E-state index < -0.39 is 29.7 Å². The molecule has 18 heteroatoms. The average molecular weight is 879 g/mol. The molecule has 7 heterocycles. The number of ether oxygens (including phenoxy) is 1. The van der Waals surface area contributed by atoms with Gasteiger partial charge in [-0.25, -0.2) is 4.98 Å². The number of hydrogen-bond acceptors (Lipinski definition) is 13. The van der Waals surface area contributed by atoms with E-state index in [2.05, 4.69) is 35.6 Å². The Hall–Kier alpha value is -6.07. The van der Waals surface area contributed by atoms with E-state index in [4.69, 9.17) is 21.3 Å². The molecule has 5 aliphatic heterocycles. The highest BCUT2D eigenvalue weighted by molar-refractivity contribution is 6.33. The van der Waals surface area contributed by atoms with E-state index in [9.17, 15) is 28.8 Å². The number of nitrogens with one attached hydrogen (secondary N) is 3. The zero-order chi connectivity index (χ0) is 44.2. The second-order valence-electron chi connectivity index (χ2n) is 17.8. The molecule has 2 atom stereocenters.